The molecule has 1 amide bonds. The largest absolute Gasteiger partial charge is 0.312 e. The first kappa shape index (κ1) is 15.8. The highest BCUT2D eigenvalue weighted by Crippen LogP contribution is 2.36. The first-order chi connectivity index (χ1) is 10.9. The van der Waals surface area contributed by atoms with Gasteiger partial charge in [0, 0.05) is 19.4 Å². The summed E-state index contributed by atoms with van der Waals surface area (Å²) in [5.41, 5.74) is 3.59. The second kappa shape index (κ2) is 5.85. The summed E-state index contributed by atoms with van der Waals surface area (Å²) in [6, 6.07) is 6.11. The average molecular weight is 329 g/mol. The Morgan fingerprint density at radius 1 is 1.30 bits per heavy atom. The fourth-order valence-corrected chi connectivity index (χ4v) is 3.74. The zero-order chi connectivity index (χ0) is 16.7. The molecule has 0 aliphatic carbocycles. The van der Waals surface area contributed by atoms with Gasteiger partial charge in [-0.05, 0) is 31.2 Å². The lowest BCUT2D eigenvalue weighted by molar-refractivity contribution is -0.116. The third-order valence-corrected chi connectivity index (χ3v) is 5.01. The van der Waals surface area contributed by atoms with E-state index >= 15 is 0 Å². The van der Waals surface area contributed by atoms with Gasteiger partial charge in [-0.1, -0.05) is 35.5 Å². The maximum Gasteiger partial charge on any atom is 0.279 e. The van der Waals surface area contributed by atoms with E-state index in [9.17, 15) is 9.59 Å². The number of benzene rings is 1. The van der Waals surface area contributed by atoms with Crippen LogP contribution >= 0.6 is 11.8 Å². The Labute approximate surface area is 139 Å². The minimum Gasteiger partial charge on any atom is -0.312 e. The summed E-state index contributed by atoms with van der Waals surface area (Å²) in [6.45, 7) is 4.05. The predicted octanol–water partition coefficient (Wildman–Crippen LogP) is 2.59. The number of aromatic nitrogens is 2. The molecule has 2 heterocycles. The molecular formula is C17H19N3O2S. The molecule has 0 fully saturated rings. The van der Waals surface area contributed by atoms with E-state index in [-0.39, 0.29) is 23.8 Å². The number of anilines is 1. The number of nitrogens with zero attached hydrogens (tertiary/aromatic N) is 2. The van der Waals surface area contributed by atoms with E-state index in [1.807, 2.05) is 39.3 Å². The van der Waals surface area contributed by atoms with Crippen LogP contribution in [0.1, 0.15) is 34.6 Å². The molecule has 0 saturated heterocycles. The van der Waals surface area contributed by atoms with Gasteiger partial charge in [0.2, 0.25) is 5.91 Å². The molecule has 3 rings (SSSR count). The maximum absolute atomic E-state index is 12.6. The quantitative estimate of drug-likeness (QED) is 0.679. The Morgan fingerprint density at radius 2 is 2.04 bits per heavy atom. The molecule has 1 N–H and O–H groups in total. The number of thioether (sulfide) groups is 1. The first-order valence-corrected chi connectivity index (χ1v) is 8.66. The van der Waals surface area contributed by atoms with Gasteiger partial charge in [0.25, 0.3) is 5.56 Å². The first-order valence-electron chi connectivity index (χ1n) is 7.44. The number of amides is 1. The molecule has 1 unspecified atom stereocenters. The highest BCUT2D eigenvalue weighted by Gasteiger charge is 2.32. The number of carbonyl (C=O) groups excluding carboxylic acids is 1. The molecule has 0 radical (unpaired) electrons. The van der Waals surface area contributed by atoms with Crippen LogP contribution in [0.15, 0.2) is 28.2 Å². The molecule has 1 atom stereocenters. The summed E-state index contributed by atoms with van der Waals surface area (Å²) >= 11 is 1.39. The van der Waals surface area contributed by atoms with Crippen molar-refractivity contribution in [3.05, 3.63) is 50.8 Å². The molecule has 0 spiro atoms. The zero-order valence-electron chi connectivity index (χ0n) is 13.6. The number of aryl methyl sites for hydroxylation is 2. The Kier molecular flexibility index (Phi) is 4.02. The SMILES string of the molecule is CSc1nc(=O)c2c(n1C)NC(=O)CC2c1ccc(C)cc1C. The van der Waals surface area contributed by atoms with Crippen LogP contribution in [0, 0.1) is 13.8 Å². The average Bonchev–Trinajstić information content (AvgIpc) is 2.50. The highest BCUT2D eigenvalue weighted by atomic mass is 32.2. The predicted molar refractivity (Wildman–Crippen MR) is 92.3 cm³/mol. The molecule has 5 nitrogen and oxygen atoms in total. The molecule has 2 aromatic rings. The van der Waals surface area contributed by atoms with Crippen molar-refractivity contribution < 1.29 is 4.79 Å². The molecule has 1 aromatic carbocycles. The van der Waals surface area contributed by atoms with E-state index in [2.05, 4.69) is 16.4 Å². The van der Waals surface area contributed by atoms with Gasteiger partial charge >= 0.3 is 0 Å². The van der Waals surface area contributed by atoms with Crippen LogP contribution in [0.2, 0.25) is 0 Å². The van der Waals surface area contributed by atoms with Gasteiger partial charge in [-0.15, -0.1) is 0 Å². The van der Waals surface area contributed by atoms with Crippen molar-refractivity contribution in [3.63, 3.8) is 0 Å². The molecule has 23 heavy (non-hydrogen) atoms. The molecule has 1 aliphatic rings. The van der Waals surface area contributed by atoms with Crippen LogP contribution in [0.3, 0.4) is 0 Å². The van der Waals surface area contributed by atoms with E-state index in [0.717, 1.165) is 16.7 Å². The second-order valence-electron chi connectivity index (χ2n) is 5.89. The lowest BCUT2D eigenvalue weighted by atomic mass is 9.84. The Balaban J connectivity index is 2.25. The van der Waals surface area contributed by atoms with Crippen LogP contribution in [0.4, 0.5) is 5.82 Å². The topological polar surface area (TPSA) is 64.0 Å². The summed E-state index contributed by atoms with van der Waals surface area (Å²) in [6.07, 6.45) is 2.13. The van der Waals surface area contributed by atoms with Gasteiger partial charge in [0.15, 0.2) is 5.16 Å². The van der Waals surface area contributed by atoms with Crippen molar-refractivity contribution >= 4 is 23.5 Å². The maximum atomic E-state index is 12.6. The fourth-order valence-electron chi connectivity index (χ4n) is 3.20. The van der Waals surface area contributed by atoms with E-state index < -0.39 is 0 Å². The minimum absolute atomic E-state index is 0.0734. The standard InChI is InChI=1S/C17H19N3O2S/c1-9-5-6-11(10(2)7-9)12-8-13(21)18-15-14(12)16(22)19-17(23-4)20(15)3/h5-7,12H,8H2,1-4H3,(H,18,21). The smallest absolute Gasteiger partial charge is 0.279 e. The third-order valence-electron chi connectivity index (χ3n) is 4.28. The van der Waals surface area contributed by atoms with Gasteiger partial charge in [0.05, 0.1) is 5.56 Å². The molecule has 0 bridgehead atoms. The Hall–Kier alpha value is -2.08. The summed E-state index contributed by atoms with van der Waals surface area (Å²) in [7, 11) is 1.82. The normalized spacial score (nSPS) is 16.9. The fraction of sp³-hybridized carbons (Fsp3) is 0.353. The van der Waals surface area contributed by atoms with Crippen molar-refractivity contribution in [2.75, 3.05) is 11.6 Å². The summed E-state index contributed by atoms with van der Waals surface area (Å²) in [5.74, 6) is 0.243. The van der Waals surface area contributed by atoms with Crippen LogP contribution in [0.25, 0.3) is 0 Å². The van der Waals surface area contributed by atoms with Gasteiger partial charge < -0.3 is 9.88 Å². The van der Waals surface area contributed by atoms with Crippen molar-refractivity contribution in [2.24, 2.45) is 7.05 Å². The van der Waals surface area contributed by atoms with Crippen LogP contribution in [-0.4, -0.2) is 21.7 Å². The number of rotatable bonds is 2. The van der Waals surface area contributed by atoms with Crippen molar-refractivity contribution in [3.8, 4) is 0 Å². The number of hydrogen-bond donors (Lipinski definition) is 1. The molecule has 0 saturated carbocycles. The van der Waals surface area contributed by atoms with E-state index in [4.69, 9.17) is 0 Å². The summed E-state index contributed by atoms with van der Waals surface area (Å²) < 4.78 is 1.79. The van der Waals surface area contributed by atoms with Crippen LogP contribution in [0.5, 0.6) is 0 Å². The van der Waals surface area contributed by atoms with Crippen molar-refractivity contribution in [1.29, 1.82) is 0 Å². The number of fused-ring (bicyclic) bond motifs is 1. The lowest BCUT2D eigenvalue weighted by Gasteiger charge is -2.28. The minimum atomic E-state index is -0.257. The van der Waals surface area contributed by atoms with E-state index in [1.54, 1.807) is 4.57 Å². The number of hydrogen-bond acceptors (Lipinski definition) is 4. The molecular weight excluding hydrogens is 310 g/mol. The highest BCUT2D eigenvalue weighted by molar-refractivity contribution is 7.98. The Bertz CT molecular complexity index is 858. The van der Waals surface area contributed by atoms with Gasteiger partial charge in [-0.2, -0.15) is 4.98 Å². The molecule has 1 aromatic heterocycles. The molecule has 6 heteroatoms. The number of carbonyl (C=O) groups is 1. The van der Waals surface area contributed by atoms with Crippen LogP contribution < -0.4 is 10.9 Å². The second-order valence-corrected chi connectivity index (χ2v) is 6.66. The van der Waals surface area contributed by atoms with Crippen LogP contribution in [-0.2, 0) is 11.8 Å². The van der Waals surface area contributed by atoms with Gasteiger partial charge in [-0.25, -0.2) is 0 Å². The number of nitrogens with one attached hydrogen (secondary N) is 1. The third kappa shape index (κ3) is 2.67. The summed E-state index contributed by atoms with van der Waals surface area (Å²) in [5, 5.41) is 3.44. The molecule has 1 aliphatic heterocycles. The van der Waals surface area contributed by atoms with E-state index in [0.29, 0.717) is 16.5 Å². The zero-order valence-corrected chi connectivity index (χ0v) is 14.5. The Morgan fingerprint density at radius 3 is 2.70 bits per heavy atom. The molecule has 120 valence electrons. The van der Waals surface area contributed by atoms with E-state index in [1.165, 1.54) is 11.8 Å². The van der Waals surface area contributed by atoms with Crippen molar-refractivity contribution in [1.82, 2.24) is 9.55 Å². The lowest BCUT2D eigenvalue weighted by Crippen LogP contribution is -2.33. The van der Waals surface area contributed by atoms with Gasteiger partial charge in [-0.3, -0.25) is 9.59 Å². The summed E-state index contributed by atoms with van der Waals surface area (Å²) in [4.78, 5) is 28.9. The van der Waals surface area contributed by atoms with Gasteiger partial charge in [0.1, 0.15) is 5.82 Å². The monoisotopic (exact) mass is 329 g/mol. The van der Waals surface area contributed by atoms with Crippen molar-refractivity contribution in [2.45, 2.75) is 31.3 Å².